The van der Waals surface area contributed by atoms with E-state index in [4.69, 9.17) is 4.74 Å². The van der Waals surface area contributed by atoms with Gasteiger partial charge in [0.15, 0.2) is 0 Å². The van der Waals surface area contributed by atoms with Gasteiger partial charge in [0.1, 0.15) is 5.75 Å². The Kier molecular flexibility index (Phi) is 3.53. The van der Waals surface area contributed by atoms with Gasteiger partial charge in [-0.15, -0.1) is 0 Å². The molecule has 1 aromatic rings. The Hall–Kier alpha value is -1.02. The van der Waals surface area contributed by atoms with Crippen molar-refractivity contribution < 1.29 is 4.74 Å². The summed E-state index contributed by atoms with van der Waals surface area (Å²) in [5, 5.41) is 0. The van der Waals surface area contributed by atoms with Crippen molar-refractivity contribution >= 4 is 0 Å². The van der Waals surface area contributed by atoms with E-state index in [0.717, 1.165) is 23.6 Å². The minimum atomic E-state index is 0.735. The van der Waals surface area contributed by atoms with E-state index in [1.165, 1.54) is 37.8 Å². The van der Waals surface area contributed by atoms with Crippen LogP contribution in [-0.2, 0) is 6.42 Å². The summed E-state index contributed by atoms with van der Waals surface area (Å²) in [6.07, 6.45) is 5.18. The first-order chi connectivity index (χ1) is 9.24. The molecule has 2 heteroatoms. The van der Waals surface area contributed by atoms with E-state index in [9.17, 15) is 0 Å². The van der Waals surface area contributed by atoms with Crippen LogP contribution in [0.15, 0.2) is 18.2 Å². The van der Waals surface area contributed by atoms with Gasteiger partial charge in [-0.05, 0) is 62.0 Å². The Morgan fingerprint density at radius 1 is 1.37 bits per heavy atom. The average molecular weight is 259 g/mol. The van der Waals surface area contributed by atoms with Gasteiger partial charge in [0.05, 0.1) is 7.11 Å². The number of hydrogen-bond acceptors (Lipinski definition) is 2. The second-order valence-corrected chi connectivity index (χ2v) is 6.16. The van der Waals surface area contributed by atoms with Crippen molar-refractivity contribution in [1.82, 2.24) is 4.90 Å². The van der Waals surface area contributed by atoms with E-state index < -0.39 is 0 Å². The third-order valence-electron chi connectivity index (χ3n) is 5.19. The molecule has 1 aromatic carbocycles. The summed E-state index contributed by atoms with van der Waals surface area (Å²) in [5.41, 5.74) is 3.12. The van der Waals surface area contributed by atoms with Crippen molar-refractivity contribution in [2.75, 3.05) is 20.7 Å². The highest BCUT2D eigenvalue weighted by molar-refractivity contribution is 5.41. The number of piperidine rings is 1. The Balaban J connectivity index is 2.01. The lowest BCUT2D eigenvalue weighted by atomic mass is 9.68. The van der Waals surface area contributed by atoms with Crippen LogP contribution in [0.3, 0.4) is 0 Å². The standard InChI is InChI=1S/C17H25NO/c1-4-12-10-13-11-14(19-3)7-8-15(13)16-6-5-9-18(2)17(12)16/h7-8,11-12,16-17H,4-6,9-10H2,1-3H3. The van der Waals surface area contributed by atoms with Gasteiger partial charge >= 0.3 is 0 Å². The molecule has 2 aliphatic rings. The molecule has 19 heavy (non-hydrogen) atoms. The Bertz CT molecular complexity index is 457. The summed E-state index contributed by atoms with van der Waals surface area (Å²) in [6.45, 7) is 3.61. The van der Waals surface area contributed by atoms with Crippen LogP contribution >= 0.6 is 0 Å². The molecule has 0 spiro atoms. The highest BCUT2D eigenvalue weighted by Gasteiger charge is 2.39. The zero-order valence-electron chi connectivity index (χ0n) is 12.4. The number of benzene rings is 1. The molecule has 3 rings (SSSR count). The van der Waals surface area contributed by atoms with Gasteiger partial charge in [0.2, 0.25) is 0 Å². The molecule has 3 atom stereocenters. The van der Waals surface area contributed by atoms with E-state index in [-0.39, 0.29) is 0 Å². The van der Waals surface area contributed by atoms with Crippen molar-refractivity contribution in [3.05, 3.63) is 29.3 Å². The molecular weight excluding hydrogens is 234 g/mol. The zero-order chi connectivity index (χ0) is 13.4. The number of likely N-dealkylation sites (tertiary alicyclic amines) is 1. The summed E-state index contributed by atoms with van der Waals surface area (Å²) in [7, 11) is 4.08. The fourth-order valence-electron chi connectivity index (χ4n) is 4.25. The summed E-state index contributed by atoms with van der Waals surface area (Å²) >= 11 is 0. The van der Waals surface area contributed by atoms with E-state index in [1.807, 2.05) is 0 Å². The summed E-state index contributed by atoms with van der Waals surface area (Å²) in [4.78, 5) is 2.61. The minimum Gasteiger partial charge on any atom is -0.497 e. The molecule has 1 fully saturated rings. The molecule has 1 aliphatic carbocycles. The van der Waals surface area contributed by atoms with E-state index in [0.29, 0.717) is 0 Å². The first kappa shape index (κ1) is 13.0. The molecule has 2 nitrogen and oxygen atoms in total. The molecule has 1 heterocycles. The SMILES string of the molecule is CCC1Cc2cc(OC)ccc2C2CCCN(C)C12. The number of hydrogen-bond donors (Lipinski definition) is 0. The molecule has 0 aromatic heterocycles. The summed E-state index contributed by atoms with van der Waals surface area (Å²) in [5.74, 6) is 2.55. The highest BCUT2D eigenvalue weighted by atomic mass is 16.5. The molecule has 0 radical (unpaired) electrons. The van der Waals surface area contributed by atoms with E-state index in [2.05, 4.69) is 37.1 Å². The number of fused-ring (bicyclic) bond motifs is 3. The molecule has 3 unspecified atom stereocenters. The van der Waals surface area contributed by atoms with Crippen LogP contribution in [0, 0.1) is 5.92 Å². The van der Waals surface area contributed by atoms with Crippen LogP contribution in [-0.4, -0.2) is 31.6 Å². The summed E-state index contributed by atoms with van der Waals surface area (Å²) < 4.78 is 5.40. The normalized spacial score (nSPS) is 30.6. The zero-order valence-corrected chi connectivity index (χ0v) is 12.4. The lowest BCUT2D eigenvalue weighted by Gasteiger charge is -2.47. The highest BCUT2D eigenvalue weighted by Crippen LogP contribution is 2.44. The van der Waals surface area contributed by atoms with Crippen LogP contribution in [0.4, 0.5) is 0 Å². The van der Waals surface area contributed by atoms with Crippen LogP contribution < -0.4 is 4.74 Å². The molecule has 104 valence electrons. The number of rotatable bonds is 2. The third-order valence-corrected chi connectivity index (χ3v) is 5.19. The smallest absolute Gasteiger partial charge is 0.119 e. The van der Waals surface area contributed by atoms with Gasteiger partial charge in [0.25, 0.3) is 0 Å². The topological polar surface area (TPSA) is 12.5 Å². The molecule has 0 bridgehead atoms. The third kappa shape index (κ3) is 2.16. The maximum atomic E-state index is 5.40. The second-order valence-electron chi connectivity index (χ2n) is 6.16. The quantitative estimate of drug-likeness (QED) is 0.806. The lowest BCUT2D eigenvalue weighted by molar-refractivity contribution is 0.0936. The van der Waals surface area contributed by atoms with E-state index in [1.54, 1.807) is 12.7 Å². The molecule has 1 aliphatic heterocycles. The van der Waals surface area contributed by atoms with Crippen LogP contribution in [0.5, 0.6) is 5.75 Å². The van der Waals surface area contributed by atoms with E-state index >= 15 is 0 Å². The molecule has 1 saturated heterocycles. The fourth-order valence-corrected chi connectivity index (χ4v) is 4.25. The van der Waals surface area contributed by atoms with Crippen molar-refractivity contribution in [3.8, 4) is 5.75 Å². The minimum absolute atomic E-state index is 0.735. The second kappa shape index (κ2) is 5.16. The Labute approximate surface area is 116 Å². The number of methoxy groups -OCH3 is 1. The van der Waals surface area contributed by atoms with Crippen molar-refractivity contribution in [3.63, 3.8) is 0 Å². The van der Waals surface area contributed by atoms with Crippen LogP contribution in [0.25, 0.3) is 0 Å². The summed E-state index contributed by atoms with van der Waals surface area (Å²) in [6, 6.07) is 7.47. The largest absolute Gasteiger partial charge is 0.497 e. The van der Waals surface area contributed by atoms with Crippen LogP contribution in [0.2, 0.25) is 0 Å². The first-order valence-corrected chi connectivity index (χ1v) is 7.61. The van der Waals surface area contributed by atoms with Gasteiger partial charge in [0, 0.05) is 12.0 Å². The van der Waals surface area contributed by atoms with Crippen molar-refractivity contribution in [2.45, 2.75) is 44.6 Å². The lowest BCUT2D eigenvalue weighted by Crippen LogP contribution is -2.49. The van der Waals surface area contributed by atoms with Crippen molar-refractivity contribution in [2.24, 2.45) is 5.92 Å². The Morgan fingerprint density at radius 2 is 2.21 bits per heavy atom. The maximum absolute atomic E-state index is 5.40. The van der Waals surface area contributed by atoms with Gasteiger partial charge < -0.3 is 9.64 Å². The Morgan fingerprint density at radius 3 is 2.95 bits per heavy atom. The van der Waals surface area contributed by atoms with Gasteiger partial charge in [-0.1, -0.05) is 19.4 Å². The van der Waals surface area contributed by atoms with Gasteiger partial charge in [-0.3, -0.25) is 0 Å². The first-order valence-electron chi connectivity index (χ1n) is 7.61. The number of nitrogens with zero attached hydrogens (tertiary/aromatic N) is 1. The predicted octanol–water partition coefficient (Wildman–Crippen LogP) is 3.46. The monoisotopic (exact) mass is 259 g/mol. The maximum Gasteiger partial charge on any atom is 0.119 e. The van der Waals surface area contributed by atoms with Crippen LogP contribution in [0.1, 0.15) is 43.2 Å². The molecule has 0 N–H and O–H groups in total. The average Bonchev–Trinajstić information content (AvgIpc) is 2.45. The van der Waals surface area contributed by atoms with Gasteiger partial charge in [-0.25, -0.2) is 0 Å². The number of ether oxygens (including phenoxy) is 1. The molecule has 0 saturated carbocycles. The number of likely N-dealkylation sites (N-methyl/N-ethyl adjacent to an activating group) is 1. The fraction of sp³-hybridized carbons (Fsp3) is 0.647. The molecule has 0 amide bonds. The van der Waals surface area contributed by atoms with Gasteiger partial charge in [-0.2, -0.15) is 0 Å². The van der Waals surface area contributed by atoms with Crippen molar-refractivity contribution in [1.29, 1.82) is 0 Å². The predicted molar refractivity (Wildman–Crippen MR) is 78.9 cm³/mol. The molecular formula is C17H25NO.